The zero-order chi connectivity index (χ0) is 24.3. The molecule has 2 aromatic heterocycles. The van der Waals surface area contributed by atoms with Crippen LogP contribution in [0.15, 0.2) is 59.7 Å². The molecule has 11 heteroatoms. The fraction of sp³-hybridized carbons (Fsp3) is 0.174. The van der Waals surface area contributed by atoms with Crippen LogP contribution in [-0.4, -0.2) is 29.7 Å². The molecule has 0 bridgehead atoms. The minimum absolute atomic E-state index is 0.239. The number of benzene rings is 1. The maximum atomic E-state index is 13.2. The van der Waals surface area contributed by atoms with E-state index in [1.807, 2.05) is 6.07 Å². The maximum Gasteiger partial charge on any atom is 0.407 e. The Morgan fingerprint density at radius 3 is 2.29 bits per heavy atom. The van der Waals surface area contributed by atoms with Crippen molar-refractivity contribution in [3.05, 3.63) is 65.9 Å². The summed E-state index contributed by atoms with van der Waals surface area (Å²) in [4.78, 5) is 4.02. The summed E-state index contributed by atoms with van der Waals surface area (Å²) >= 11 is 0. The van der Waals surface area contributed by atoms with Gasteiger partial charge in [0.05, 0.1) is 21.7 Å². The zero-order valence-corrected chi connectivity index (χ0v) is 18.1. The Morgan fingerprint density at radius 1 is 1.12 bits per heavy atom. The van der Waals surface area contributed by atoms with Gasteiger partial charge in [-0.1, -0.05) is 18.2 Å². The Hall–Kier alpha value is -3.93. The Morgan fingerprint density at radius 2 is 1.79 bits per heavy atom. The van der Waals surface area contributed by atoms with Gasteiger partial charge in [-0.2, -0.15) is 28.4 Å². The summed E-state index contributed by atoms with van der Waals surface area (Å²) in [7, 11) is -4.42. The lowest BCUT2D eigenvalue weighted by atomic mass is 10.1. The molecule has 2 aliphatic carbocycles. The number of halogens is 3. The second-order valence-electron chi connectivity index (χ2n) is 8.04. The van der Waals surface area contributed by atoms with Crippen LogP contribution in [0, 0.1) is 22.7 Å². The van der Waals surface area contributed by atoms with Crippen molar-refractivity contribution < 1.29 is 21.6 Å². The van der Waals surface area contributed by atoms with Crippen LogP contribution >= 0.6 is 0 Å². The number of allylic oxidation sites excluding steroid dienone is 4. The van der Waals surface area contributed by atoms with Crippen LogP contribution in [0.5, 0.6) is 0 Å². The highest BCUT2D eigenvalue weighted by molar-refractivity contribution is 7.89. The van der Waals surface area contributed by atoms with Crippen LogP contribution in [0.2, 0.25) is 0 Å². The van der Waals surface area contributed by atoms with Gasteiger partial charge in [0.2, 0.25) is 10.0 Å². The van der Waals surface area contributed by atoms with E-state index >= 15 is 0 Å². The number of rotatable bonds is 5. The van der Waals surface area contributed by atoms with Crippen molar-refractivity contribution >= 4 is 26.8 Å². The van der Waals surface area contributed by atoms with Crippen LogP contribution in [0.3, 0.4) is 0 Å². The number of pyridine rings is 1. The summed E-state index contributed by atoms with van der Waals surface area (Å²) < 4.78 is 68.4. The number of sulfonamides is 1. The van der Waals surface area contributed by atoms with Crippen molar-refractivity contribution in [3.8, 4) is 23.4 Å². The number of hydrogen-bond donors (Lipinski definition) is 1. The third-order valence-electron chi connectivity index (χ3n) is 5.90. The van der Waals surface area contributed by atoms with Gasteiger partial charge in [0, 0.05) is 22.8 Å². The number of hydrogen-bond acceptors (Lipinski definition) is 5. The molecule has 1 aromatic carbocycles. The molecular formula is C23H14F3N5O2S. The second kappa shape index (κ2) is 7.29. The number of fused-ring (bicyclic) bond motifs is 1. The average Bonchev–Trinajstić information content (AvgIpc) is 3.48. The summed E-state index contributed by atoms with van der Waals surface area (Å²) in [5.74, 6) is 0. The van der Waals surface area contributed by atoms with E-state index in [-0.39, 0.29) is 28.9 Å². The van der Waals surface area contributed by atoms with Crippen LogP contribution in [0.4, 0.5) is 13.2 Å². The molecule has 1 saturated carbocycles. The average molecular weight is 481 g/mol. The molecule has 2 aliphatic rings. The monoisotopic (exact) mass is 481 g/mol. The summed E-state index contributed by atoms with van der Waals surface area (Å²) in [5, 5.41) is 19.6. The summed E-state index contributed by atoms with van der Waals surface area (Å²) in [5.41, 5.74) is 0.170. The molecular weight excluding hydrogens is 467 g/mol. The van der Waals surface area contributed by atoms with Crippen molar-refractivity contribution in [3.63, 3.8) is 0 Å². The largest absolute Gasteiger partial charge is 0.407 e. The standard InChI is InChI=1S/C23H14F3N5O2S/c24-23(25,26)22(8-9-22)30-34(32,33)17-6-4-15(5-7-17)20-19(12-28)18-10-14(11-27)13-29-21(18)31(20)16-2-1-3-16/h1-7,10,13,30H,8-9H2. The van der Waals surface area contributed by atoms with E-state index in [9.17, 15) is 32.1 Å². The van der Waals surface area contributed by atoms with Crippen molar-refractivity contribution in [2.75, 3.05) is 0 Å². The van der Waals surface area contributed by atoms with Gasteiger partial charge in [0.1, 0.15) is 23.3 Å². The number of aromatic nitrogens is 2. The van der Waals surface area contributed by atoms with Gasteiger partial charge in [-0.05, 0) is 43.2 Å². The third-order valence-corrected chi connectivity index (χ3v) is 7.45. The third kappa shape index (κ3) is 3.29. The number of nitrogens with one attached hydrogen (secondary N) is 1. The number of nitriles is 2. The van der Waals surface area contributed by atoms with Crippen LogP contribution in [-0.2, 0) is 10.0 Å². The number of alkyl halides is 3. The zero-order valence-electron chi connectivity index (χ0n) is 17.3. The van der Waals surface area contributed by atoms with Crippen LogP contribution in [0.1, 0.15) is 24.0 Å². The van der Waals surface area contributed by atoms with Crippen molar-refractivity contribution in [1.29, 1.82) is 10.5 Å². The first-order valence-electron chi connectivity index (χ1n) is 10.0. The lowest BCUT2D eigenvalue weighted by Gasteiger charge is -2.20. The predicted octanol–water partition coefficient (Wildman–Crippen LogP) is 4.23. The van der Waals surface area contributed by atoms with E-state index in [0.717, 1.165) is 5.70 Å². The van der Waals surface area contributed by atoms with E-state index in [1.165, 1.54) is 30.5 Å². The van der Waals surface area contributed by atoms with E-state index in [2.05, 4.69) is 11.1 Å². The fourth-order valence-corrected chi connectivity index (χ4v) is 5.32. The molecule has 170 valence electrons. The quantitative estimate of drug-likeness (QED) is 0.586. The molecule has 0 spiro atoms. The van der Waals surface area contributed by atoms with Gasteiger partial charge >= 0.3 is 6.18 Å². The minimum atomic E-state index is -4.68. The van der Waals surface area contributed by atoms with E-state index < -0.39 is 21.7 Å². The topological polar surface area (TPSA) is 112 Å². The molecule has 34 heavy (non-hydrogen) atoms. The van der Waals surface area contributed by atoms with Crippen molar-refractivity contribution in [1.82, 2.24) is 14.3 Å². The Bertz CT molecular complexity index is 1600. The molecule has 0 radical (unpaired) electrons. The molecule has 1 fully saturated rings. The van der Waals surface area contributed by atoms with Gasteiger partial charge in [-0.3, -0.25) is 4.57 Å². The molecule has 0 atom stereocenters. The lowest BCUT2D eigenvalue weighted by molar-refractivity contribution is -0.160. The van der Waals surface area contributed by atoms with Gasteiger partial charge in [0.15, 0.2) is 0 Å². The first kappa shape index (κ1) is 21.9. The Kier molecular flexibility index (Phi) is 4.69. The molecule has 2 heterocycles. The summed E-state index contributed by atoms with van der Waals surface area (Å²) in [6.45, 7) is 0. The molecule has 3 aromatic rings. The Labute approximate surface area is 192 Å². The van der Waals surface area contributed by atoms with E-state index in [0.29, 0.717) is 22.3 Å². The van der Waals surface area contributed by atoms with E-state index in [4.69, 9.17) is 0 Å². The van der Waals surface area contributed by atoms with Crippen LogP contribution < -0.4 is 4.72 Å². The summed E-state index contributed by atoms with van der Waals surface area (Å²) in [6, 6.07) is 10.9. The Balaban J connectivity index is 1.60. The van der Waals surface area contributed by atoms with Gasteiger partial charge in [0.25, 0.3) is 0 Å². The molecule has 5 rings (SSSR count). The van der Waals surface area contributed by atoms with Gasteiger partial charge in [-0.25, -0.2) is 13.4 Å². The normalized spacial score (nSPS) is 16.4. The van der Waals surface area contributed by atoms with Gasteiger partial charge in [-0.15, -0.1) is 0 Å². The first-order valence-corrected chi connectivity index (χ1v) is 11.5. The first-order chi connectivity index (χ1) is 16.1. The molecule has 7 nitrogen and oxygen atoms in total. The molecule has 1 N–H and O–H groups in total. The minimum Gasteiger partial charge on any atom is -0.293 e. The highest BCUT2D eigenvalue weighted by atomic mass is 32.2. The molecule has 0 unspecified atom stereocenters. The van der Waals surface area contributed by atoms with Crippen LogP contribution in [0.25, 0.3) is 28.0 Å². The lowest BCUT2D eigenvalue weighted by Crippen LogP contribution is -2.47. The smallest absolute Gasteiger partial charge is 0.293 e. The van der Waals surface area contributed by atoms with Gasteiger partial charge < -0.3 is 0 Å². The second-order valence-corrected chi connectivity index (χ2v) is 9.72. The van der Waals surface area contributed by atoms with Crippen molar-refractivity contribution in [2.24, 2.45) is 0 Å². The molecule has 0 amide bonds. The highest BCUT2D eigenvalue weighted by Gasteiger charge is 2.65. The number of nitrogens with zero attached hydrogens (tertiary/aromatic N) is 4. The predicted molar refractivity (Wildman–Crippen MR) is 116 cm³/mol. The van der Waals surface area contributed by atoms with Crippen molar-refractivity contribution in [2.45, 2.75) is 29.5 Å². The molecule has 0 aliphatic heterocycles. The maximum absolute atomic E-state index is 13.2. The highest BCUT2D eigenvalue weighted by Crippen LogP contribution is 2.49. The SMILES string of the molecule is N#Cc1cnc2c(c1)c(C#N)c(-c1ccc(S(=O)(=O)NC3(C(F)(F)F)CC3)cc1)n2C1=CC=C1. The summed E-state index contributed by atoms with van der Waals surface area (Å²) in [6.07, 6.45) is 1.51. The molecule has 0 saturated heterocycles. The van der Waals surface area contributed by atoms with E-state index in [1.54, 1.807) is 33.6 Å². The fourth-order valence-electron chi connectivity index (χ4n) is 3.87.